The number of carbonyl (C=O) groups is 1. The highest BCUT2D eigenvalue weighted by Crippen LogP contribution is 2.25. The van der Waals surface area contributed by atoms with E-state index >= 15 is 0 Å². The molecular formula is C12H9F3N2O4. The first-order valence-electron chi connectivity index (χ1n) is 5.62. The van der Waals surface area contributed by atoms with Crippen molar-refractivity contribution in [2.24, 2.45) is 0 Å². The number of nitrogens with one attached hydrogen (secondary N) is 1. The minimum atomic E-state index is -4.76. The molecule has 0 aliphatic heterocycles. The van der Waals surface area contributed by atoms with Crippen molar-refractivity contribution in [2.45, 2.75) is 12.9 Å². The van der Waals surface area contributed by atoms with Crippen molar-refractivity contribution in [3.8, 4) is 5.75 Å². The van der Waals surface area contributed by atoms with E-state index < -0.39 is 12.3 Å². The molecule has 6 nitrogen and oxygen atoms in total. The fraction of sp³-hybridized carbons (Fsp3) is 0.167. The Morgan fingerprint density at radius 2 is 2.14 bits per heavy atom. The maximum absolute atomic E-state index is 12.1. The highest BCUT2D eigenvalue weighted by Gasteiger charge is 2.31. The number of nitrogens with zero attached hydrogens (tertiary/aromatic N) is 1. The third-order valence-electron chi connectivity index (χ3n) is 2.31. The van der Waals surface area contributed by atoms with Gasteiger partial charge in [-0.25, -0.2) is 4.79 Å². The molecule has 0 bridgehead atoms. The van der Waals surface area contributed by atoms with Crippen molar-refractivity contribution in [1.29, 1.82) is 0 Å². The van der Waals surface area contributed by atoms with Crippen LogP contribution < -0.4 is 10.1 Å². The Kier molecular flexibility index (Phi) is 4.01. The van der Waals surface area contributed by atoms with Gasteiger partial charge in [-0.3, -0.25) is 0 Å². The maximum Gasteiger partial charge on any atom is 0.573 e. The lowest BCUT2D eigenvalue weighted by Gasteiger charge is -2.10. The van der Waals surface area contributed by atoms with Gasteiger partial charge in [-0.2, -0.15) is 0 Å². The van der Waals surface area contributed by atoms with Gasteiger partial charge in [-0.05, 0) is 12.1 Å². The second-order valence-corrected chi connectivity index (χ2v) is 3.91. The Labute approximate surface area is 116 Å². The second-order valence-electron chi connectivity index (χ2n) is 3.91. The Morgan fingerprint density at radius 3 is 2.76 bits per heavy atom. The molecule has 2 aromatic rings. The van der Waals surface area contributed by atoms with Gasteiger partial charge >= 0.3 is 12.3 Å². The summed E-state index contributed by atoms with van der Waals surface area (Å²) >= 11 is 0. The Hall–Kier alpha value is -2.71. The number of hydrogen-bond acceptors (Lipinski definition) is 5. The highest BCUT2D eigenvalue weighted by atomic mass is 19.4. The van der Waals surface area contributed by atoms with Crippen molar-refractivity contribution in [2.75, 3.05) is 5.32 Å². The topological polar surface area (TPSA) is 84.6 Å². The van der Waals surface area contributed by atoms with E-state index in [2.05, 4.69) is 15.2 Å². The molecule has 0 fully saturated rings. The molecule has 0 aliphatic carbocycles. The average molecular weight is 302 g/mol. The Bertz CT molecular complexity index is 639. The van der Waals surface area contributed by atoms with Crippen LogP contribution >= 0.6 is 0 Å². The van der Waals surface area contributed by atoms with Crippen molar-refractivity contribution < 1.29 is 32.3 Å². The number of anilines is 1. The van der Waals surface area contributed by atoms with E-state index in [0.29, 0.717) is 5.69 Å². The summed E-state index contributed by atoms with van der Waals surface area (Å²) in [6.07, 6.45) is -4.76. The maximum atomic E-state index is 12.1. The number of aromatic nitrogens is 1. The minimum Gasteiger partial charge on any atom is -0.476 e. The summed E-state index contributed by atoms with van der Waals surface area (Å²) in [6.45, 7) is 0.0652. The first-order valence-corrected chi connectivity index (χ1v) is 5.62. The average Bonchev–Trinajstić information content (AvgIpc) is 2.83. The largest absolute Gasteiger partial charge is 0.573 e. The highest BCUT2D eigenvalue weighted by molar-refractivity contribution is 5.85. The quantitative estimate of drug-likeness (QED) is 0.883. The zero-order chi connectivity index (χ0) is 15.5. The standard InChI is InChI=1S/C12H9F3N2O4/c13-12(14,15)20-8-3-1-2-7(4-8)16-6-9-5-10(11(18)19)17-21-9/h1-5,16H,6H2,(H,18,19). The van der Waals surface area contributed by atoms with Gasteiger partial charge in [-0.15, -0.1) is 13.2 Å². The lowest BCUT2D eigenvalue weighted by atomic mass is 10.3. The van der Waals surface area contributed by atoms with E-state index in [-0.39, 0.29) is 23.7 Å². The van der Waals surface area contributed by atoms with E-state index in [1.54, 1.807) is 0 Å². The van der Waals surface area contributed by atoms with Gasteiger partial charge in [0.25, 0.3) is 0 Å². The SMILES string of the molecule is O=C(O)c1cc(CNc2cccc(OC(F)(F)F)c2)on1. The van der Waals surface area contributed by atoms with Crippen LogP contribution in [0.25, 0.3) is 0 Å². The van der Waals surface area contributed by atoms with Gasteiger partial charge in [0.2, 0.25) is 0 Å². The lowest BCUT2D eigenvalue weighted by molar-refractivity contribution is -0.274. The fourth-order valence-electron chi connectivity index (χ4n) is 1.49. The second kappa shape index (κ2) is 5.73. The van der Waals surface area contributed by atoms with Crippen LogP contribution in [0.1, 0.15) is 16.2 Å². The molecular weight excluding hydrogens is 293 g/mol. The van der Waals surface area contributed by atoms with Crippen LogP contribution in [0.3, 0.4) is 0 Å². The zero-order valence-corrected chi connectivity index (χ0v) is 10.3. The predicted octanol–water partition coefficient (Wildman–Crippen LogP) is 2.88. The molecule has 0 aliphatic rings. The van der Waals surface area contributed by atoms with Gasteiger partial charge in [-0.1, -0.05) is 11.2 Å². The van der Waals surface area contributed by atoms with E-state index in [1.165, 1.54) is 18.2 Å². The molecule has 9 heteroatoms. The van der Waals surface area contributed by atoms with Gasteiger partial charge in [0.1, 0.15) is 5.75 Å². The number of halogens is 3. The molecule has 0 saturated carbocycles. The van der Waals surface area contributed by atoms with Crippen LogP contribution in [0.4, 0.5) is 18.9 Å². The van der Waals surface area contributed by atoms with Crippen LogP contribution in [-0.4, -0.2) is 22.6 Å². The van der Waals surface area contributed by atoms with E-state index in [0.717, 1.165) is 12.1 Å². The number of carboxylic acid groups (broad SMARTS) is 1. The summed E-state index contributed by atoms with van der Waals surface area (Å²) in [6, 6.07) is 6.44. The number of carboxylic acids is 1. The van der Waals surface area contributed by atoms with Crippen molar-refractivity contribution >= 4 is 11.7 Å². The molecule has 1 aromatic carbocycles. The summed E-state index contributed by atoms with van der Waals surface area (Å²) in [4.78, 5) is 10.6. The molecule has 0 spiro atoms. The van der Waals surface area contributed by atoms with E-state index in [9.17, 15) is 18.0 Å². The first kappa shape index (κ1) is 14.7. The molecule has 0 saturated heterocycles. The van der Waals surface area contributed by atoms with Crippen molar-refractivity contribution in [3.05, 3.63) is 41.8 Å². The molecule has 21 heavy (non-hydrogen) atoms. The number of rotatable bonds is 5. The fourth-order valence-corrected chi connectivity index (χ4v) is 1.49. The van der Waals surface area contributed by atoms with Crippen LogP contribution in [0, 0.1) is 0 Å². The molecule has 0 atom stereocenters. The Morgan fingerprint density at radius 1 is 1.38 bits per heavy atom. The summed E-state index contributed by atoms with van der Waals surface area (Å²) in [5, 5.41) is 14.7. The number of ether oxygens (including phenoxy) is 1. The monoisotopic (exact) mass is 302 g/mol. The first-order chi connectivity index (χ1) is 9.83. The third kappa shape index (κ3) is 4.41. The van der Waals surface area contributed by atoms with Gasteiger partial charge in [0.05, 0.1) is 6.54 Å². The van der Waals surface area contributed by atoms with Gasteiger partial charge < -0.3 is 19.7 Å². The zero-order valence-electron chi connectivity index (χ0n) is 10.3. The minimum absolute atomic E-state index is 0.0652. The molecule has 2 N–H and O–H groups in total. The van der Waals surface area contributed by atoms with Crippen LogP contribution in [0.5, 0.6) is 5.75 Å². The molecule has 0 amide bonds. The Balaban J connectivity index is 1.99. The van der Waals surface area contributed by atoms with Crippen LogP contribution in [0.15, 0.2) is 34.9 Å². The predicted molar refractivity (Wildman–Crippen MR) is 63.9 cm³/mol. The molecule has 1 heterocycles. The van der Waals surface area contributed by atoms with Gasteiger partial charge in [0.15, 0.2) is 11.5 Å². The number of hydrogen-bond donors (Lipinski definition) is 2. The summed E-state index contributed by atoms with van der Waals surface area (Å²) < 4.78 is 44.8. The molecule has 1 aromatic heterocycles. The van der Waals surface area contributed by atoms with Gasteiger partial charge in [0, 0.05) is 17.8 Å². The number of alkyl halides is 3. The lowest BCUT2D eigenvalue weighted by Crippen LogP contribution is -2.17. The summed E-state index contributed by atoms with van der Waals surface area (Å²) in [5.74, 6) is -1.36. The van der Waals surface area contributed by atoms with Crippen molar-refractivity contribution in [1.82, 2.24) is 5.16 Å². The molecule has 112 valence electrons. The molecule has 0 unspecified atom stereocenters. The number of benzene rings is 1. The van der Waals surface area contributed by atoms with E-state index in [4.69, 9.17) is 9.63 Å². The summed E-state index contributed by atoms with van der Waals surface area (Å²) in [5.41, 5.74) is 0.103. The van der Waals surface area contributed by atoms with Crippen LogP contribution in [0.2, 0.25) is 0 Å². The summed E-state index contributed by atoms with van der Waals surface area (Å²) in [7, 11) is 0. The van der Waals surface area contributed by atoms with Crippen LogP contribution in [-0.2, 0) is 6.54 Å². The molecule has 2 rings (SSSR count). The number of aromatic carboxylic acids is 1. The van der Waals surface area contributed by atoms with E-state index in [1.807, 2.05) is 0 Å². The third-order valence-corrected chi connectivity index (χ3v) is 2.31. The van der Waals surface area contributed by atoms with Crippen molar-refractivity contribution in [3.63, 3.8) is 0 Å². The molecule has 0 radical (unpaired) electrons. The normalized spacial score (nSPS) is 11.2. The smallest absolute Gasteiger partial charge is 0.476 e.